The Balaban J connectivity index is 2.31. The van der Waals surface area contributed by atoms with Gasteiger partial charge in [-0.3, -0.25) is 0 Å². The fraction of sp³-hybridized carbons (Fsp3) is 0.353. The molecule has 0 unspecified atom stereocenters. The summed E-state index contributed by atoms with van der Waals surface area (Å²) in [5.74, 6) is -0.349. The van der Waals surface area contributed by atoms with Crippen LogP contribution < -0.4 is 5.73 Å². The zero-order valence-corrected chi connectivity index (χ0v) is 13.7. The molecule has 0 spiro atoms. The molecule has 21 heavy (non-hydrogen) atoms. The van der Waals surface area contributed by atoms with Crippen molar-refractivity contribution in [2.75, 3.05) is 12.3 Å². The number of esters is 1. The molecule has 0 amide bonds. The number of benzene rings is 1. The fourth-order valence-corrected chi connectivity index (χ4v) is 3.02. The summed E-state index contributed by atoms with van der Waals surface area (Å²) in [7, 11) is 0. The molecule has 2 rings (SSSR count). The van der Waals surface area contributed by atoms with Crippen molar-refractivity contribution >= 4 is 23.0 Å². The van der Waals surface area contributed by atoms with Crippen LogP contribution in [0.2, 0.25) is 0 Å². The molecule has 0 radical (unpaired) electrons. The Morgan fingerprint density at radius 1 is 1.24 bits per heavy atom. The summed E-state index contributed by atoms with van der Waals surface area (Å²) in [5, 5.41) is 0. The van der Waals surface area contributed by atoms with Crippen LogP contribution in [0.5, 0.6) is 0 Å². The van der Waals surface area contributed by atoms with Crippen molar-refractivity contribution in [3.8, 4) is 10.4 Å². The van der Waals surface area contributed by atoms with Crippen molar-refractivity contribution in [1.82, 2.24) is 0 Å². The Morgan fingerprint density at radius 3 is 2.38 bits per heavy atom. The van der Waals surface area contributed by atoms with Crippen molar-refractivity contribution in [2.45, 2.75) is 33.1 Å². The van der Waals surface area contributed by atoms with Crippen molar-refractivity contribution in [3.63, 3.8) is 0 Å². The van der Waals surface area contributed by atoms with E-state index in [1.807, 2.05) is 6.07 Å². The number of nitrogens with two attached hydrogens (primary N) is 1. The molecule has 0 fully saturated rings. The number of ether oxygens (including phenoxy) is 1. The summed E-state index contributed by atoms with van der Waals surface area (Å²) in [4.78, 5) is 13.3. The van der Waals surface area contributed by atoms with E-state index in [1.54, 1.807) is 6.92 Å². The monoisotopic (exact) mass is 303 g/mol. The Hall–Kier alpha value is -1.81. The van der Waals surface area contributed by atoms with Gasteiger partial charge in [-0.2, -0.15) is 0 Å². The summed E-state index contributed by atoms with van der Waals surface area (Å²) >= 11 is 1.37. The second kappa shape index (κ2) is 5.90. The van der Waals surface area contributed by atoms with Crippen molar-refractivity contribution < 1.29 is 9.53 Å². The molecule has 0 saturated heterocycles. The van der Waals surface area contributed by atoms with Crippen LogP contribution in [0.15, 0.2) is 30.3 Å². The number of nitrogen functional groups attached to an aromatic ring is 1. The molecule has 1 aromatic heterocycles. The molecule has 2 aromatic rings. The smallest absolute Gasteiger partial charge is 0.350 e. The summed E-state index contributed by atoms with van der Waals surface area (Å²) in [6.07, 6.45) is 0. The number of carbonyl (C=O) groups is 1. The lowest BCUT2D eigenvalue weighted by atomic mass is 9.86. The molecule has 1 aromatic carbocycles. The average Bonchev–Trinajstić information content (AvgIpc) is 2.80. The molecular weight excluding hydrogens is 282 g/mol. The summed E-state index contributed by atoms with van der Waals surface area (Å²) in [6.45, 7) is 8.69. The van der Waals surface area contributed by atoms with Crippen LogP contribution in [0.4, 0.5) is 5.69 Å². The van der Waals surface area contributed by atoms with Crippen LogP contribution in [0.3, 0.4) is 0 Å². The number of anilines is 1. The van der Waals surface area contributed by atoms with Crippen molar-refractivity contribution in [2.24, 2.45) is 0 Å². The Morgan fingerprint density at radius 2 is 1.86 bits per heavy atom. The third-order valence-corrected chi connectivity index (χ3v) is 4.44. The van der Waals surface area contributed by atoms with Gasteiger partial charge in [0, 0.05) is 4.88 Å². The Labute approximate surface area is 129 Å². The normalized spacial score (nSPS) is 11.4. The van der Waals surface area contributed by atoms with E-state index in [2.05, 4.69) is 45.0 Å². The van der Waals surface area contributed by atoms with Gasteiger partial charge >= 0.3 is 5.97 Å². The van der Waals surface area contributed by atoms with E-state index in [1.165, 1.54) is 16.9 Å². The highest BCUT2D eigenvalue weighted by Crippen LogP contribution is 2.34. The Bertz CT molecular complexity index is 636. The van der Waals surface area contributed by atoms with Gasteiger partial charge in [-0.25, -0.2) is 4.79 Å². The zero-order chi connectivity index (χ0) is 15.6. The van der Waals surface area contributed by atoms with E-state index < -0.39 is 0 Å². The van der Waals surface area contributed by atoms with Crippen LogP contribution in [0.1, 0.15) is 42.9 Å². The Kier molecular flexibility index (Phi) is 4.37. The van der Waals surface area contributed by atoms with Crippen LogP contribution in [0, 0.1) is 0 Å². The van der Waals surface area contributed by atoms with Crippen LogP contribution in [0.25, 0.3) is 10.4 Å². The third-order valence-electron chi connectivity index (χ3n) is 3.26. The number of carbonyl (C=O) groups excluding carboxylic acids is 1. The summed E-state index contributed by atoms with van der Waals surface area (Å²) in [6, 6.07) is 10.2. The molecule has 4 heteroatoms. The van der Waals surface area contributed by atoms with Crippen molar-refractivity contribution in [1.29, 1.82) is 0 Å². The van der Waals surface area contributed by atoms with Crippen LogP contribution in [-0.2, 0) is 10.2 Å². The lowest BCUT2D eigenvalue weighted by molar-refractivity contribution is 0.0533. The van der Waals surface area contributed by atoms with Gasteiger partial charge in [0.2, 0.25) is 0 Å². The lowest BCUT2D eigenvalue weighted by Gasteiger charge is -2.18. The largest absolute Gasteiger partial charge is 0.462 e. The molecule has 1 heterocycles. The molecule has 3 nitrogen and oxygen atoms in total. The highest BCUT2D eigenvalue weighted by atomic mass is 32.1. The average molecular weight is 303 g/mol. The van der Waals surface area contributed by atoms with E-state index in [-0.39, 0.29) is 11.4 Å². The first-order valence-corrected chi connectivity index (χ1v) is 7.82. The summed E-state index contributed by atoms with van der Waals surface area (Å²) < 4.78 is 5.01. The topological polar surface area (TPSA) is 52.3 Å². The van der Waals surface area contributed by atoms with E-state index in [9.17, 15) is 4.79 Å². The second-order valence-corrected chi connectivity index (χ2v) is 7.00. The minimum Gasteiger partial charge on any atom is -0.462 e. The minimum absolute atomic E-state index is 0.128. The maximum atomic E-state index is 11.8. The SMILES string of the molecule is CCOC(=O)c1sc(-c2ccc(C(C)(C)C)cc2)cc1N. The van der Waals surface area contributed by atoms with E-state index >= 15 is 0 Å². The van der Waals surface area contributed by atoms with Crippen molar-refractivity contribution in [3.05, 3.63) is 40.8 Å². The molecule has 0 aliphatic rings. The van der Waals surface area contributed by atoms with Crippen LogP contribution in [-0.4, -0.2) is 12.6 Å². The van der Waals surface area contributed by atoms with E-state index in [0.29, 0.717) is 17.2 Å². The minimum atomic E-state index is -0.349. The van der Waals surface area contributed by atoms with Crippen LogP contribution >= 0.6 is 11.3 Å². The molecule has 0 saturated carbocycles. The fourth-order valence-electron chi connectivity index (χ4n) is 2.04. The van der Waals surface area contributed by atoms with E-state index in [4.69, 9.17) is 10.5 Å². The molecule has 112 valence electrons. The first-order chi connectivity index (χ1) is 9.82. The molecular formula is C17H21NO2S. The number of hydrogen-bond acceptors (Lipinski definition) is 4. The maximum absolute atomic E-state index is 11.8. The molecule has 2 N–H and O–H groups in total. The number of thiophene rings is 1. The quantitative estimate of drug-likeness (QED) is 0.851. The molecule has 0 aliphatic carbocycles. The van der Waals surface area contributed by atoms with Gasteiger partial charge in [0.25, 0.3) is 0 Å². The van der Waals surface area contributed by atoms with Gasteiger partial charge in [0.1, 0.15) is 4.88 Å². The third kappa shape index (κ3) is 3.45. The summed E-state index contributed by atoms with van der Waals surface area (Å²) in [5.41, 5.74) is 8.87. The standard InChI is InChI=1S/C17H21NO2S/c1-5-20-16(19)15-13(18)10-14(21-15)11-6-8-12(9-7-11)17(2,3)4/h6-10H,5,18H2,1-4H3. The van der Waals surface area contributed by atoms with Gasteiger partial charge in [0.05, 0.1) is 12.3 Å². The van der Waals surface area contributed by atoms with Gasteiger partial charge in [-0.15, -0.1) is 11.3 Å². The zero-order valence-electron chi connectivity index (χ0n) is 12.9. The van der Waals surface area contributed by atoms with Gasteiger partial charge in [0.15, 0.2) is 0 Å². The van der Waals surface area contributed by atoms with Gasteiger partial charge in [-0.1, -0.05) is 45.0 Å². The van der Waals surface area contributed by atoms with Gasteiger partial charge < -0.3 is 10.5 Å². The second-order valence-electron chi connectivity index (χ2n) is 5.94. The lowest BCUT2D eigenvalue weighted by Crippen LogP contribution is -2.10. The predicted molar refractivity (Wildman–Crippen MR) is 88.8 cm³/mol. The highest BCUT2D eigenvalue weighted by Gasteiger charge is 2.17. The number of hydrogen-bond donors (Lipinski definition) is 1. The van der Waals surface area contributed by atoms with Gasteiger partial charge in [-0.05, 0) is 29.5 Å². The van der Waals surface area contributed by atoms with E-state index in [0.717, 1.165) is 10.4 Å². The number of rotatable bonds is 3. The predicted octanol–water partition coefficient (Wildman–Crippen LogP) is 4.47. The molecule has 0 aliphatic heterocycles. The first kappa shape index (κ1) is 15.6. The molecule has 0 atom stereocenters. The molecule has 0 bridgehead atoms. The first-order valence-electron chi connectivity index (χ1n) is 7.00. The highest BCUT2D eigenvalue weighted by molar-refractivity contribution is 7.18. The maximum Gasteiger partial charge on any atom is 0.350 e.